The number of nitrogens with zero attached hydrogens (tertiary/aromatic N) is 2. The molecular weight excluding hydrogens is 510 g/mol. The van der Waals surface area contributed by atoms with Crippen molar-refractivity contribution >= 4 is 17.8 Å². The molecule has 2 aliphatic rings. The maximum Gasteiger partial charge on any atom is 0.306 e. The highest BCUT2D eigenvalue weighted by molar-refractivity contribution is 5.97. The topological polar surface area (TPSA) is 111 Å². The lowest BCUT2D eigenvalue weighted by Gasteiger charge is -2.24. The molecule has 1 N–H and O–H groups in total. The molecule has 1 aromatic heterocycles. The molecule has 1 saturated carbocycles. The van der Waals surface area contributed by atoms with Gasteiger partial charge in [0, 0.05) is 25.1 Å². The Morgan fingerprint density at radius 1 is 1.10 bits per heavy atom. The fourth-order valence-electron chi connectivity index (χ4n) is 5.86. The van der Waals surface area contributed by atoms with E-state index in [0.717, 1.165) is 30.7 Å². The molecule has 0 spiro atoms. The van der Waals surface area contributed by atoms with Gasteiger partial charge in [0.05, 0.1) is 13.7 Å². The van der Waals surface area contributed by atoms with Crippen LogP contribution in [0.25, 0.3) is 0 Å². The van der Waals surface area contributed by atoms with Crippen LogP contribution in [0.15, 0.2) is 28.9 Å². The van der Waals surface area contributed by atoms with Crippen molar-refractivity contribution in [1.29, 1.82) is 0 Å². The molecule has 218 valence electrons. The van der Waals surface area contributed by atoms with Gasteiger partial charge in [0.1, 0.15) is 18.1 Å². The summed E-state index contributed by atoms with van der Waals surface area (Å²) in [6.07, 6.45) is 13.5. The maximum absolute atomic E-state index is 13.8. The van der Waals surface area contributed by atoms with Gasteiger partial charge in [-0.2, -0.15) is 0 Å². The number of aromatic nitrogens is 1. The number of oxazole rings is 1. The zero-order valence-corrected chi connectivity index (χ0v) is 23.9. The summed E-state index contributed by atoms with van der Waals surface area (Å²) in [4.78, 5) is 44.6. The van der Waals surface area contributed by atoms with Crippen molar-refractivity contribution in [3.63, 3.8) is 0 Å². The van der Waals surface area contributed by atoms with Crippen LogP contribution in [0.1, 0.15) is 116 Å². The largest absolute Gasteiger partial charge is 0.497 e. The summed E-state index contributed by atoms with van der Waals surface area (Å²) in [7, 11) is 1.55. The average molecular weight is 554 g/mol. The van der Waals surface area contributed by atoms with Gasteiger partial charge in [-0.05, 0) is 56.2 Å². The number of hydrogen-bond acceptors (Lipinski definition) is 7. The number of ether oxygens (including phenoxy) is 2. The van der Waals surface area contributed by atoms with Crippen molar-refractivity contribution in [2.45, 2.75) is 90.0 Å². The molecule has 2 heterocycles. The Bertz CT molecular complexity index is 1140. The van der Waals surface area contributed by atoms with Crippen LogP contribution in [0.5, 0.6) is 5.75 Å². The van der Waals surface area contributed by atoms with Crippen LogP contribution in [0, 0.1) is 5.92 Å². The van der Waals surface area contributed by atoms with Gasteiger partial charge in [-0.1, -0.05) is 51.0 Å². The molecule has 1 saturated heterocycles. The molecule has 9 heteroatoms. The Labute approximate surface area is 237 Å². The van der Waals surface area contributed by atoms with Crippen LogP contribution in [0.3, 0.4) is 0 Å². The minimum Gasteiger partial charge on any atom is -0.497 e. The van der Waals surface area contributed by atoms with Crippen molar-refractivity contribution in [3.05, 3.63) is 47.2 Å². The predicted octanol–water partition coefficient (Wildman–Crippen LogP) is 5.64. The number of carbonyl (C=O) groups is 3. The van der Waals surface area contributed by atoms with E-state index in [-0.39, 0.29) is 35.9 Å². The number of likely N-dealkylation sites (tertiary alicyclic amines) is 1. The molecule has 1 aliphatic carbocycles. The normalized spacial score (nSPS) is 17.6. The van der Waals surface area contributed by atoms with Gasteiger partial charge in [-0.15, -0.1) is 0 Å². The van der Waals surface area contributed by atoms with E-state index in [1.54, 1.807) is 31.1 Å². The number of esters is 1. The molecule has 2 aromatic rings. The highest BCUT2D eigenvalue weighted by atomic mass is 16.5. The Balaban J connectivity index is 1.35. The molecule has 0 bridgehead atoms. The van der Waals surface area contributed by atoms with E-state index in [1.165, 1.54) is 44.8 Å². The highest BCUT2D eigenvalue weighted by Gasteiger charge is 2.35. The van der Waals surface area contributed by atoms with E-state index in [0.29, 0.717) is 49.7 Å². The number of hydrogen-bond donors (Lipinski definition) is 1. The molecule has 0 radical (unpaired) electrons. The second-order valence-corrected chi connectivity index (χ2v) is 10.8. The number of unbranched alkanes of at least 4 members (excludes halogenated alkanes) is 1. The maximum atomic E-state index is 13.8. The number of carbonyl (C=O) groups excluding carboxylic acids is 3. The van der Waals surface area contributed by atoms with Gasteiger partial charge in [-0.25, -0.2) is 4.98 Å². The standard InChI is InChI=1S/C31H43N3O6/c1-3-39-28(35)17-15-23-14-16-24(38-2)20-25(23)31(37)34-19-9-13-27(34)30-33-26(21-40-30)29(36)32-18-8-7-12-22-10-5-4-6-11-22/h14,16,20-22,27H,3-13,15,17-19H2,1-2H3,(H,32,36)/t27-/m0/s1. The second kappa shape index (κ2) is 14.9. The summed E-state index contributed by atoms with van der Waals surface area (Å²) in [5, 5.41) is 2.96. The van der Waals surface area contributed by atoms with Crippen molar-refractivity contribution < 1.29 is 28.3 Å². The molecule has 2 fully saturated rings. The minimum absolute atomic E-state index is 0.178. The third-order valence-electron chi connectivity index (χ3n) is 8.05. The molecule has 2 amide bonds. The molecule has 0 unspecified atom stereocenters. The SMILES string of the molecule is CCOC(=O)CCc1ccc(OC)cc1C(=O)N1CCC[C@H]1c1nc(C(=O)NCCCCC2CCCCC2)co1. The second-order valence-electron chi connectivity index (χ2n) is 10.8. The van der Waals surface area contributed by atoms with Crippen LogP contribution in [-0.2, 0) is 16.0 Å². The molecule has 9 nitrogen and oxygen atoms in total. The zero-order valence-electron chi connectivity index (χ0n) is 23.9. The first-order valence-corrected chi connectivity index (χ1v) is 14.9. The summed E-state index contributed by atoms with van der Waals surface area (Å²) < 4.78 is 16.1. The Morgan fingerprint density at radius 3 is 2.70 bits per heavy atom. The fraction of sp³-hybridized carbons (Fsp3) is 0.613. The lowest BCUT2D eigenvalue weighted by molar-refractivity contribution is -0.143. The molecule has 40 heavy (non-hydrogen) atoms. The number of rotatable bonds is 13. The van der Waals surface area contributed by atoms with E-state index in [2.05, 4.69) is 10.3 Å². The third kappa shape index (κ3) is 7.86. The van der Waals surface area contributed by atoms with Crippen LogP contribution in [0.2, 0.25) is 0 Å². The predicted molar refractivity (Wildman–Crippen MR) is 150 cm³/mol. The van der Waals surface area contributed by atoms with E-state index in [9.17, 15) is 14.4 Å². The van der Waals surface area contributed by atoms with Gasteiger partial charge in [0.25, 0.3) is 11.8 Å². The fourth-order valence-corrected chi connectivity index (χ4v) is 5.86. The number of methoxy groups -OCH3 is 1. The van der Waals surface area contributed by atoms with E-state index >= 15 is 0 Å². The summed E-state index contributed by atoms with van der Waals surface area (Å²) >= 11 is 0. The van der Waals surface area contributed by atoms with Gasteiger partial charge >= 0.3 is 5.97 Å². The number of benzene rings is 1. The molecule has 4 rings (SSSR count). The quantitative estimate of drug-likeness (QED) is 0.253. The van der Waals surface area contributed by atoms with E-state index in [4.69, 9.17) is 13.9 Å². The van der Waals surface area contributed by atoms with Crippen molar-refractivity contribution in [1.82, 2.24) is 15.2 Å². The monoisotopic (exact) mass is 553 g/mol. The minimum atomic E-state index is -0.367. The number of amides is 2. The Hall–Kier alpha value is -3.36. The molecule has 1 aliphatic heterocycles. The third-order valence-corrected chi connectivity index (χ3v) is 8.05. The lowest BCUT2D eigenvalue weighted by atomic mass is 9.86. The average Bonchev–Trinajstić information content (AvgIpc) is 3.66. The van der Waals surface area contributed by atoms with Crippen LogP contribution in [0.4, 0.5) is 0 Å². The lowest BCUT2D eigenvalue weighted by Crippen LogP contribution is -2.31. The number of nitrogens with one attached hydrogen (secondary N) is 1. The Kier molecular flexibility index (Phi) is 11.0. The zero-order chi connectivity index (χ0) is 28.3. The smallest absolute Gasteiger partial charge is 0.306 e. The van der Waals surface area contributed by atoms with Gasteiger partial charge in [-0.3, -0.25) is 14.4 Å². The van der Waals surface area contributed by atoms with Gasteiger partial charge in [0.15, 0.2) is 5.69 Å². The van der Waals surface area contributed by atoms with Crippen molar-refractivity contribution in [3.8, 4) is 5.75 Å². The van der Waals surface area contributed by atoms with Crippen LogP contribution >= 0.6 is 0 Å². The first kappa shape index (κ1) is 29.6. The summed E-state index contributed by atoms with van der Waals surface area (Å²) in [6.45, 7) is 3.25. The van der Waals surface area contributed by atoms with E-state index < -0.39 is 0 Å². The number of aryl methyl sites for hydroxylation is 1. The molecule has 1 aromatic carbocycles. The van der Waals surface area contributed by atoms with Crippen molar-refractivity contribution in [2.24, 2.45) is 5.92 Å². The van der Waals surface area contributed by atoms with Gasteiger partial charge in [0.2, 0.25) is 5.89 Å². The summed E-state index contributed by atoms with van der Waals surface area (Å²) in [6, 6.07) is 4.95. The first-order valence-electron chi connectivity index (χ1n) is 14.9. The molecular formula is C31H43N3O6. The summed E-state index contributed by atoms with van der Waals surface area (Å²) in [5.74, 6) is 1.05. The van der Waals surface area contributed by atoms with Crippen LogP contribution < -0.4 is 10.1 Å². The highest BCUT2D eigenvalue weighted by Crippen LogP contribution is 2.34. The first-order chi connectivity index (χ1) is 19.5. The Morgan fingerprint density at radius 2 is 1.93 bits per heavy atom. The van der Waals surface area contributed by atoms with Crippen molar-refractivity contribution in [2.75, 3.05) is 26.8 Å². The van der Waals surface area contributed by atoms with Gasteiger partial charge < -0.3 is 24.1 Å². The van der Waals surface area contributed by atoms with Crippen LogP contribution in [-0.4, -0.2) is 54.5 Å². The summed E-state index contributed by atoms with van der Waals surface area (Å²) in [5.41, 5.74) is 1.46. The molecule has 1 atom stereocenters. The van der Waals surface area contributed by atoms with E-state index in [1.807, 2.05) is 6.07 Å².